The number of rotatable bonds is 8. The van der Waals surface area contributed by atoms with E-state index in [0.717, 1.165) is 83.4 Å². The van der Waals surface area contributed by atoms with Gasteiger partial charge in [-0.15, -0.1) is 0 Å². The average Bonchev–Trinajstić information content (AvgIpc) is 3.95. The fraction of sp³-hybridized carbons (Fsp3) is 0.156. The summed E-state index contributed by atoms with van der Waals surface area (Å²) < 4.78 is 14.5. The van der Waals surface area contributed by atoms with Crippen LogP contribution in [0.25, 0.3) is 79.8 Å². The molecule has 270 valence electrons. The Morgan fingerprint density at radius 2 is 0.907 bits per heavy atom. The lowest BCUT2D eigenvalue weighted by Crippen LogP contribution is -2.60. The van der Waals surface area contributed by atoms with Gasteiger partial charge >= 0.3 is 8.56 Å². The van der Waals surface area contributed by atoms with Crippen molar-refractivity contribution in [1.29, 1.82) is 0 Å². The van der Waals surface area contributed by atoms with Crippen LogP contribution in [0, 0.1) is 0 Å². The Kier molecular flexibility index (Phi) is 9.23. The lowest BCUT2D eigenvalue weighted by molar-refractivity contribution is 0.405. The average molecular weight is 759 g/mol. The fourth-order valence-electron chi connectivity index (χ4n) is 7.61. The molecule has 8 bridgehead atoms. The largest absolute Gasteiger partial charge is 0.433 e. The second-order valence-corrected chi connectivity index (χ2v) is 28.5. The Labute approximate surface area is 320 Å². The highest BCUT2D eigenvalue weighted by Crippen LogP contribution is 2.37. The lowest BCUT2D eigenvalue weighted by atomic mass is 10.0. The molecule has 2 aliphatic rings. The predicted octanol–water partition coefficient (Wildman–Crippen LogP) is 11.6. The maximum atomic E-state index is 7.24. The van der Waals surface area contributed by atoms with Crippen LogP contribution in [-0.4, -0.2) is 45.1 Å². The molecule has 0 unspecified atom stereocenters. The zero-order valence-corrected chi connectivity index (χ0v) is 35.0. The fourth-order valence-corrected chi connectivity index (χ4v) is 19.4. The molecule has 2 N–H and O–H groups in total. The number of hydrogen-bond donors (Lipinski definition) is 2. The van der Waals surface area contributed by atoms with Crippen LogP contribution in [0.15, 0.2) is 115 Å². The number of H-pyrrole nitrogens is 2. The van der Waals surface area contributed by atoms with Gasteiger partial charge in [0.1, 0.15) is 0 Å². The van der Waals surface area contributed by atoms with Gasteiger partial charge in [0.2, 0.25) is 0 Å². The molecule has 0 saturated carbocycles. The Hall–Kier alpha value is -5.17. The van der Waals surface area contributed by atoms with Gasteiger partial charge in [0, 0.05) is 38.4 Å². The molecule has 0 aliphatic carbocycles. The van der Waals surface area contributed by atoms with Gasteiger partial charge in [-0.05, 0) is 111 Å². The molecule has 0 spiro atoms. The zero-order chi connectivity index (χ0) is 37.7. The monoisotopic (exact) mass is 758 g/mol. The van der Waals surface area contributed by atoms with E-state index in [9.17, 15) is 0 Å². The first-order valence-corrected chi connectivity index (χ1v) is 27.7. The van der Waals surface area contributed by atoms with Crippen LogP contribution < -0.4 is 5.19 Å². The molecule has 0 amide bonds. The Morgan fingerprint density at radius 1 is 0.463 bits per heavy atom. The normalized spacial score (nSPS) is 13.1. The number of aromatic amines is 2. The molecule has 2 aliphatic heterocycles. The number of nitrogens with zero attached hydrogens (tertiary/aromatic N) is 2. The molecule has 9 heteroatoms. The number of aromatic nitrogens is 4. The number of hydrogen-bond acceptors (Lipinski definition) is 4. The van der Waals surface area contributed by atoms with Crippen LogP contribution in [0.1, 0.15) is 22.8 Å². The van der Waals surface area contributed by atoms with Crippen LogP contribution in [0.3, 0.4) is 0 Å². The number of fused-ring (bicyclic) bond motifs is 8. The molecule has 6 nitrogen and oxygen atoms in total. The smallest absolute Gasteiger partial charge is 0.350 e. The van der Waals surface area contributed by atoms with Crippen molar-refractivity contribution in [2.24, 2.45) is 0 Å². The number of nitrogens with one attached hydrogen (secondary N) is 2. The molecule has 3 aromatic carbocycles. The van der Waals surface area contributed by atoms with Crippen molar-refractivity contribution < 1.29 is 8.23 Å². The Balaban J connectivity index is 1.57. The van der Waals surface area contributed by atoms with Gasteiger partial charge in [0.25, 0.3) is 0 Å². The highest BCUT2D eigenvalue weighted by Gasteiger charge is 2.44. The molecular weight excluding hydrogens is 713 g/mol. The van der Waals surface area contributed by atoms with E-state index in [4.69, 9.17) is 18.2 Å². The third kappa shape index (κ3) is 7.33. The van der Waals surface area contributed by atoms with E-state index in [2.05, 4.69) is 189 Å². The van der Waals surface area contributed by atoms with Gasteiger partial charge in [-0.1, -0.05) is 91.0 Å². The van der Waals surface area contributed by atoms with Crippen LogP contribution >= 0.6 is 0 Å². The predicted molar refractivity (Wildman–Crippen MR) is 235 cm³/mol. The standard InChI is InChI=1S/C45H46N4O2Si3/c1-52(2,3)50-54(7,51-53(4,5)6)41-30-35-29-34-23-24-36(46-34)42(31-17-11-8-12-18-31)37-25-26-38(48-37)43(32-19-13-9-14-20-32)39-27-28-40(49-39)44(45(41)47-35)33-21-15-10-16-22-33/h8-30,47-48H,1-7H3. The van der Waals surface area contributed by atoms with Crippen LogP contribution in [-0.2, 0) is 8.23 Å². The van der Waals surface area contributed by atoms with E-state index < -0.39 is 25.2 Å². The molecule has 5 heterocycles. The van der Waals surface area contributed by atoms with Crippen LogP contribution in [0.5, 0.6) is 0 Å². The summed E-state index contributed by atoms with van der Waals surface area (Å²) >= 11 is 0. The van der Waals surface area contributed by atoms with Crippen molar-refractivity contribution in [3.8, 4) is 33.4 Å². The molecule has 0 fully saturated rings. The summed E-state index contributed by atoms with van der Waals surface area (Å²) in [5.74, 6) is 0. The third-order valence-electron chi connectivity index (χ3n) is 9.37. The van der Waals surface area contributed by atoms with Gasteiger partial charge in [0.15, 0.2) is 16.6 Å². The second-order valence-electron chi connectivity index (χ2n) is 16.0. The van der Waals surface area contributed by atoms with Gasteiger partial charge in [0.05, 0.1) is 28.3 Å². The van der Waals surface area contributed by atoms with Gasteiger partial charge in [-0.25, -0.2) is 9.97 Å². The maximum Gasteiger partial charge on any atom is 0.350 e. The molecule has 0 radical (unpaired) electrons. The van der Waals surface area contributed by atoms with Crippen molar-refractivity contribution in [2.75, 3.05) is 0 Å². The summed E-state index contributed by atoms with van der Waals surface area (Å²) in [5, 5.41) is 1.08. The highest BCUT2D eigenvalue weighted by molar-refractivity contribution is 6.95. The van der Waals surface area contributed by atoms with Gasteiger partial charge in [-0.2, -0.15) is 0 Å². The first kappa shape index (κ1) is 35.8. The lowest BCUT2D eigenvalue weighted by Gasteiger charge is -2.38. The zero-order valence-electron chi connectivity index (χ0n) is 32.0. The molecule has 8 rings (SSSR count). The first-order valence-electron chi connectivity index (χ1n) is 18.6. The number of benzene rings is 3. The summed E-state index contributed by atoms with van der Waals surface area (Å²) in [6.45, 7) is 15.8. The van der Waals surface area contributed by atoms with Gasteiger partial charge < -0.3 is 18.2 Å². The van der Waals surface area contributed by atoms with Gasteiger partial charge in [-0.3, -0.25) is 0 Å². The summed E-state index contributed by atoms with van der Waals surface area (Å²) in [6, 6.07) is 40.3. The van der Waals surface area contributed by atoms with Crippen molar-refractivity contribution in [3.63, 3.8) is 0 Å². The topological polar surface area (TPSA) is 75.8 Å². The van der Waals surface area contributed by atoms with Crippen molar-refractivity contribution in [2.45, 2.75) is 45.8 Å². The van der Waals surface area contributed by atoms with Crippen molar-refractivity contribution in [1.82, 2.24) is 19.9 Å². The molecule has 0 saturated heterocycles. The van der Waals surface area contributed by atoms with Crippen LogP contribution in [0.2, 0.25) is 45.8 Å². The Bertz CT molecular complexity index is 2570. The summed E-state index contributed by atoms with van der Waals surface area (Å²) in [5.41, 5.74) is 13.7. The highest BCUT2D eigenvalue weighted by atomic mass is 28.5. The quantitative estimate of drug-likeness (QED) is 0.151. The van der Waals surface area contributed by atoms with Crippen molar-refractivity contribution >= 4 is 76.8 Å². The summed E-state index contributed by atoms with van der Waals surface area (Å²) in [6.07, 6.45) is 8.52. The summed E-state index contributed by atoms with van der Waals surface area (Å²) in [4.78, 5) is 18.4. The minimum atomic E-state index is -3.03. The molecule has 54 heavy (non-hydrogen) atoms. The first-order chi connectivity index (χ1) is 25.8. The molecule has 3 aromatic heterocycles. The second kappa shape index (κ2) is 13.9. The van der Waals surface area contributed by atoms with E-state index in [1.165, 1.54) is 0 Å². The van der Waals surface area contributed by atoms with Crippen molar-refractivity contribution in [3.05, 3.63) is 138 Å². The molecule has 0 atom stereocenters. The third-order valence-corrected chi connectivity index (χ3v) is 18.8. The summed E-state index contributed by atoms with van der Waals surface area (Å²) in [7, 11) is -7.19. The maximum absolute atomic E-state index is 7.24. The van der Waals surface area contributed by atoms with Crippen LogP contribution in [0.4, 0.5) is 0 Å². The minimum Gasteiger partial charge on any atom is -0.433 e. The SMILES string of the molecule is C[Si](C)(C)O[Si](C)(O[Si](C)(C)C)c1cc2cc3nc(c(-c4ccccc4)c4ccc([nH]4)c(-c4ccccc4)c4nc(c(-c5ccccc5)c1[nH]2)C=C4)C=C3. The Morgan fingerprint density at radius 3 is 1.41 bits per heavy atom. The van der Waals surface area contributed by atoms with E-state index in [1.807, 2.05) is 6.07 Å². The van der Waals surface area contributed by atoms with E-state index in [1.54, 1.807) is 0 Å². The van der Waals surface area contributed by atoms with E-state index in [0.29, 0.717) is 0 Å². The van der Waals surface area contributed by atoms with E-state index >= 15 is 0 Å². The molecular formula is C45H46N4O2Si3. The van der Waals surface area contributed by atoms with E-state index in [-0.39, 0.29) is 0 Å². The molecule has 6 aromatic rings. The minimum absolute atomic E-state index is 0.865.